The quantitative estimate of drug-likeness (QED) is 0.323. The lowest BCUT2D eigenvalue weighted by Crippen LogP contribution is -2.56. The summed E-state index contributed by atoms with van der Waals surface area (Å²) in [5, 5.41) is 18.2. The zero-order valence-corrected chi connectivity index (χ0v) is 21.0. The maximum absolute atomic E-state index is 13.4. The summed E-state index contributed by atoms with van der Waals surface area (Å²) in [6.45, 7) is 5.22. The molecule has 0 saturated carbocycles. The maximum atomic E-state index is 13.4. The van der Waals surface area contributed by atoms with E-state index in [4.69, 9.17) is 5.11 Å². The van der Waals surface area contributed by atoms with Crippen molar-refractivity contribution in [2.24, 2.45) is 5.92 Å². The van der Waals surface area contributed by atoms with Crippen LogP contribution in [0.2, 0.25) is 0 Å². The number of nitrogens with one attached hydrogen (secondary N) is 4. The van der Waals surface area contributed by atoms with Crippen molar-refractivity contribution >= 4 is 34.7 Å². The van der Waals surface area contributed by atoms with E-state index >= 15 is 0 Å². The number of fused-ring (bicyclic) bond motifs is 1. The summed E-state index contributed by atoms with van der Waals surface area (Å²) >= 11 is 0. The molecule has 4 amide bonds. The molecule has 0 unspecified atom stereocenters. The Morgan fingerprint density at radius 3 is 2.42 bits per heavy atom. The second-order valence-corrected chi connectivity index (χ2v) is 9.74. The zero-order valence-electron chi connectivity index (χ0n) is 21.0. The van der Waals surface area contributed by atoms with Gasteiger partial charge in [-0.3, -0.25) is 14.4 Å². The van der Waals surface area contributed by atoms with E-state index in [-0.39, 0.29) is 31.3 Å². The lowest BCUT2D eigenvalue weighted by molar-refractivity contribution is -0.137. The zero-order chi connectivity index (χ0) is 26.1. The molecule has 0 aliphatic carbocycles. The highest BCUT2D eigenvalue weighted by Gasteiger charge is 2.29. The van der Waals surface area contributed by atoms with Crippen LogP contribution in [0.25, 0.3) is 10.9 Å². The molecule has 196 valence electrons. The third-order valence-electron chi connectivity index (χ3n) is 6.33. The number of hydrogen-bond donors (Lipinski definition) is 5. The van der Waals surface area contributed by atoms with Gasteiger partial charge in [0.25, 0.3) is 0 Å². The summed E-state index contributed by atoms with van der Waals surface area (Å²) in [7, 11) is 0. The van der Waals surface area contributed by atoms with Crippen LogP contribution in [0.15, 0.2) is 30.5 Å². The van der Waals surface area contributed by atoms with Crippen molar-refractivity contribution < 1.29 is 24.3 Å². The summed E-state index contributed by atoms with van der Waals surface area (Å²) in [6, 6.07) is 5.66. The smallest absolute Gasteiger partial charge is 0.318 e. The van der Waals surface area contributed by atoms with E-state index in [1.807, 2.05) is 38.1 Å². The first-order valence-electron chi connectivity index (χ1n) is 12.6. The van der Waals surface area contributed by atoms with Crippen molar-refractivity contribution in [3.8, 4) is 0 Å². The summed E-state index contributed by atoms with van der Waals surface area (Å²) < 4.78 is 0. The molecular weight excluding hydrogens is 462 g/mol. The fraction of sp³-hybridized carbons (Fsp3) is 0.538. The molecule has 1 aromatic carbocycles. The average molecular weight is 500 g/mol. The number of carbonyl (C=O) groups is 4. The number of aromatic amines is 1. The molecule has 3 rings (SSSR count). The monoisotopic (exact) mass is 499 g/mol. The SMILES string of the molecule is CC(C)C[C@H](NC(=O)N1CCCCC1)C(=O)N[C@H](Cc1c[nH]c2ccccc12)C(=O)NCCC(=O)O. The first kappa shape index (κ1) is 27.0. The summed E-state index contributed by atoms with van der Waals surface area (Å²) in [5.74, 6) is -1.79. The number of para-hydroxylation sites is 1. The molecule has 5 N–H and O–H groups in total. The number of benzene rings is 1. The van der Waals surface area contributed by atoms with Crippen molar-refractivity contribution in [2.45, 2.75) is 64.5 Å². The molecule has 10 heteroatoms. The summed E-state index contributed by atoms with van der Waals surface area (Å²) in [4.78, 5) is 55.0. The van der Waals surface area contributed by atoms with E-state index in [1.165, 1.54) is 0 Å². The number of hydrogen-bond acceptors (Lipinski definition) is 4. The number of H-pyrrole nitrogens is 1. The lowest BCUT2D eigenvalue weighted by Gasteiger charge is -2.30. The van der Waals surface area contributed by atoms with Crippen LogP contribution >= 0.6 is 0 Å². The average Bonchev–Trinajstić information content (AvgIpc) is 3.26. The Kier molecular flexibility index (Phi) is 9.72. The van der Waals surface area contributed by atoms with Gasteiger partial charge in [-0.05, 0) is 43.2 Å². The highest BCUT2D eigenvalue weighted by atomic mass is 16.4. The molecule has 36 heavy (non-hydrogen) atoms. The van der Waals surface area contributed by atoms with Crippen molar-refractivity contribution in [3.63, 3.8) is 0 Å². The van der Waals surface area contributed by atoms with Gasteiger partial charge in [-0.1, -0.05) is 32.0 Å². The number of carboxylic acid groups (broad SMARTS) is 1. The van der Waals surface area contributed by atoms with Gasteiger partial charge in [-0.15, -0.1) is 0 Å². The molecule has 1 fully saturated rings. The van der Waals surface area contributed by atoms with Crippen LogP contribution in [0.5, 0.6) is 0 Å². The number of rotatable bonds is 11. The molecule has 2 atom stereocenters. The largest absolute Gasteiger partial charge is 0.481 e. The van der Waals surface area contributed by atoms with Gasteiger partial charge in [0, 0.05) is 43.2 Å². The number of piperidine rings is 1. The molecule has 2 heterocycles. The Bertz CT molecular complexity index is 1060. The third-order valence-corrected chi connectivity index (χ3v) is 6.33. The van der Waals surface area contributed by atoms with Gasteiger partial charge >= 0.3 is 12.0 Å². The number of aliphatic carboxylic acids is 1. The lowest BCUT2D eigenvalue weighted by atomic mass is 10.0. The Hall–Kier alpha value is -3.56. The molecule has 10 nitrogen and oxygen atoms in total. The van der Waals surface area contributed by atoms with Crippen LogP contribution in [0.4, 0.5) is 4.79 Å². The minimum Gasteiger partial charge on any atom is -0.481 e. The van der Waals surface area contributed by atoms with Gasteiger partial charge in [0.2, 0.25) is 11.8 Å². The number of carbonyl (C=O) groups excluding carboxylic acids is 3. The minimum absolute atomic E-state index is 0.0461. The topological polar surface area (TPSA) is 144 Å². The molecule has 1 aromatic heterocycles. The second-order valence-electron chi connectivity index (χ2n) is 9.74. The van der Waals surface area contributed by atoms with Crippen molar-refractivity contribution in [1.82, 2.24) is 25.8 Å². The number of urea groups is 1. The Morgan fingerprint density at radius 1 is 1.00 bits per heavy atom. The molecule has 1 aliphatic rings. The summed E-state index contributed by atoms with van der Waals surface area (Å²) in [5.41, 5.74) is 1.76. The van der Waals surface area contributed by atoms with Gasteiger partial charge in [0.05, 0.1) is 6.42 Å². The van der Waals surface area contributed by atoms with Crippen LogP contribution < -0.4 is 16.0 Å². The molecular formula is C26H37N5O5. The van der Waals surface area contributed by atoms with Gasteiger partial charge in [0.15, 0.2) is 0 Å². The van der Waals surface area contributed by atoms with Crippen molar-refractivity contribution in [3.05, 3.63) is 36.0 Å². The molecule has 1 aliphatic heterocycles. The van der Waals surface area contributed by atoms with E-state index in [1.54, 1.807) is 11.1 Å². The highest BCUT2D eigenvalue weighted by molar-refractivity contribution is 5.93. The molecule has 2 aromatic rings. The predicted molar refractivity (Wildman–Crippen MR) is 136 cm³/mol. The van der Waals surface area contributed by atoms with Crippen molar-refractivity contribution in [1.29, 1.82) is 0 Å². The van der Waals surface area contributed by atoms with Crippen LogP contribution in [0, 0.1) is 5.92 Å². The van der Waals surface area contributed by atoms with Gasteiger partial charge in [0.1, 0.15) is 12.1 Å². The van der Waals surface area contributed by atoms with Gasteiger partial charge in [-0.25, -0.2) is 4.79 Å². The van der Waals surface area contributed by atoms with Crippen LogP contribution in [0.1, 0.15) is 51.5 Å². The van der Waals surface area contributed by atoms with E-state index < -0.39 is 29.9 Å². The van der Waals surface area contributed by atoms with Crippen LogP contribution in [0.3, 0.4) is 0 Å². The normalized spacial score (nSPS) is 15.4. The number of carboxylic acids is 1. The Balaban J connectivity index is 1.75. The third kappa shape index (κ3) is 7.73. The summed E-state index contributed by atoms with van der Waals surface area (Å²) in [6.07, 6.45) is 5.19. The minimum atomic E-state index is -1.02. The number of nitrogens with zero attached hydrogens (tertiary/aromatic N) is 1. The van der Waals surface area contributed by atoms with Gasteiger partial charge < -0.3 is 30.9 Å². The molecule has 1 saturated heterocycles. The Labute approximate surface area is 211 Å². The van der Waals surface area contributed by atoms with Crippen LogP contribution in [-0.2, 0) is 20.8 Å². The molecule has 0 bridgehead atoms. The highest BCUT2D eigenvalue weighted by Crippen LogP contribution is 2.19. The number of amides is 4. The standard InChI is InChI=1S/C26H37N5O5/c1-17(2)14-21(30-26(36)31-12-6-3-7-13-31)25(35)29-22(24(34)27-11-10-23(32)33)15-18-16-28-20-9-5-4-8-19(18)20/h4-5,8-9,16-17,21-22,28H,3,6-7,10-15H2,1-2H3,(H,27,34)(H,29,35)(H,30,36)(H,32,33)/t21-,22+/m0/s1. The van der Waals surface area contributed by atoms with E-state index in [0.717, 1.165) is 35.7 Å². The fourth-order valence-corrected chi connectivity index (χ4v) is 4.46. The number of aromatic nitrogens is 1. The van der Waals surface area contributed by atoms with Crippen molar-refractivity contribution in [2.75, 3.05) is 19.6 Å². The molecule has 0 radical (unpaired) electrons. The maximum Gasteiger partial charge on any atom is 0.318 e. The van der Waals surface area contributed by atoms with E-state index in [9.17, 15) is 19.2 Å². The fourth-order valence-electron chi connectivity index (χ4n) is 4.46. The predicted octanol–water partition coefficient (Wildman–Crippen LogP) is 2.40. The van der Waals surface area contributed by atoms with Crippen LogP contribution in [-0.4, -0.2) is 70.5 Å². The first-order valence-corrected chi connectivity index (χ1v) is 12.6. The van der Waals surface area contributed by atoms with E-state index in [0.29, 0.717) is 19.5 Å². The molecule has 0 spiro atoms. The number of likely N-dealkylation sites (tertiary alicyclic amines) is 1. The first-order chi connectivity index (χ1) is 17.2. The second kappa shape index (κ2) is 12.9. The van der Waals surface area contributed by atoms with Gasteiger partial charge in [-0.2, -0.15) is 0 Å². The van der Waals surface area contributed by atoms with E-state index in [2.05, 4.69) is 20.9 Å². The Morgan fingerprint density at radius 2 is 1.72 bits per heavy atom.